The van der Waals surface area contributed by atoms with Gasteiger partial charge in [-0.3, -0.25) is 24.1 Å². The number of fused-ring (bicyclic) bond motifs is 2. The van der Waals surface area contributed by atoms with Crippen molar-refractivity contribution in [1.29, 1.82) is 0 Å². The smallest absolute Gasteiger partial charge is 0.348 e. The molecular weight excluding hydrogens is 560 g/mol. The molecule has 2 N–H and O–H groups in total. The second-order valence-corrected chi connectivity index (χ2v) is 12.6. The van der Waals surface area contributed by atoms with Crippen molar-refractivity contribution < 1.29 is 29.1 Å². The van der Waals surface area contributed by atoms with Crippen LogP contribution in [0.4, 0.5) is 16.2 Å². The molecule has 0 spiro atoms. The van der Waals surface area contributed by atoms with Crippen molar-refractivity contribution in [2.24, 2.45) is 5.92 Å². The number of carboxylic acid groups (broad SMARTS) is 1. The van der Waals surface area contributed by atoms with E-state index >= 15 is 0 Å². The molecule has 1 saturated carbocycles. The molecule has 10 heteroatoms. The maximum Gasteiger partial charge on any atom is 0.348 e. The van der Waals surface area contributed by atoms with Gasteiger partial charge in [-0.1, -0.05) is 45.0 Å². The highest BCUT2D eigenvalue weighted by Crippen LogP contribution is 2.45. The minimum absolute atomic E-state index is 0.0118. The first-order valence-electron chi connectivity index (χ1n) is 14.8. The third kappa shape index (κ3) is 5.32. The van der Waals surface area contributed by atoms with Gasteiger partial charge in [0, 0.05) is 17.8 Å². The van der Waals surface area contributed by atoms with Crippen molar-refractivity contribution in [2.75, 3.05) is 16.5 Å². The SMILES string of the molecule is CC(C)(C)c1ccc(N(Cc2ccc(C(=O)NCCC(=O)O)cc2)C(=O)N2c3ccc4c(c3CC3CC3)C(=O)N2C4=O)cc1. The Morgan fingerprint density at radius 2 is 1.61 bits per heavy atom. The van der Waals surface area contributed by atoms with Crippen LogP contribution in [0.25, 0.3) is 0 Å². The van der Waals surface area contributed by atoms with Crippen LogP contribution in [0, 0.1) is 5.92 Å². The summed E-state index contributed by atoms with van der Waals surface area (Å²) in [5.74, 6) is -1.93. The van der Waals surface area contributed by atoms with Crippen LogP contribution in [0.3, 0.4) is 0 Å². The van der Waals surface area contributed by atoms with Crippen molar-refractivity contribution in [3.63, 3.8) is 0 Å². The Balaban J connectivity index is 1.33. The molecule has 0 aromatic heterocycles. The van der Waals surface area contributed by atoms with Crippen LogP contribution in [-0.4, -0.2) is 46.4 Å². The number of imide groups is 1. The number of carbonyl (C=O) groups is 5. The maximum absolute atomic E-state index is 14.6. The van der Waals surface area contributed by atoms with Gasteiger partial charge < -0.3 is 10.4 Å². The Kier molecular flexibility index (Phi) is 7.23. The fourth-order valence-electron chi connectivity index (χ4n) is 5.72. The highest BCUT2D eigenvalue weighted by Gasteiger charge is 2.50. The molecule has 0 saturated heterocycles. The lowest BCUT2D eigenvalue weighted by molar-refractivity contribution is -0.136. The highest BCUT2D eigenvalue weighted by atomic mass is 16.4. The highest BCUT2D eigenvalue weighted by molar-refractivity contribution is 6.28. The molecule has 3 aromatic rings. The lowest BCUT2D eigenvalue weighted by atomic mass is 9.87. The quantitative estimate of drug-likeness (QED) is 0.324. The van der Waals surface area contributed by atoms with Crippen LogP contribution < -0.4 is 15.2 Å². The number of benzene rings is 3. The molecule has 2 heterocycles. The third-order valence-corrected chi connectivity index (χ3v) is 8.37. The molecule has 0 unspecified atom stereocenters. The molecule has 0 radical (unpaired) electrons. The molecule has 1 fully saturated rings. The molecule has 2 aliphatic heterocycles. The van der Waals surface area contributed by atoms with Crippen LogP contribution in [0.1, 0.15) is 87.8 Å². The van der Waals surface area contributed by atoms with Crippen molar-refractivity contribution in [3.8, 4) is 0 Å². The average Bonchev–Trinajstić information content (AvgIpc) is 3.79. The molecule has 10 nitrogen and oxygen atoms in total. The number of hydrogen-bond acceptors (Lipinski definition) is 5. The standard InChI is InChI=1S/C34H34N4O6/c1-34(2,3)23-10-12-24(13-11-23)36(19-21-6-8-22(9-7-21)30(41)35-17-16-28(39)40)33(44)37-27-15-14-25-29(26(27)18-20-4-5-20)32(43)38(37)31(25)42/h6-15,20H,4-5,16-19H2,1-3H3,(H,35,41)(H,39,40). The summed E-state index contributed by atoms with van der Waals surface area (Å²) in [5, 5.41) is 13.6. The summed E-state index contributed by atoms with van der Waals surface area (Å²) in [4.78, 5) is 66.2. The lowest BCUT2D eigenvalue weighted by Gasteiger charge is -2.37. The van der Waals surface area contributed by atoms with E-state index < -0.39 is 29.7 Å². The molecular formula is C34H34N4O6. The van der Waals surface area contributed by atoms with Crippen molar-refractivity contribution in [1.82, 2.24) is 10.3 Å². The van der Waals surface area contributed by atoms with Crippen LogP contribution in [0.15, 0.2) is 60.7 Å². The number of urea groups is 1. The van der Waals surface area contributed by atoms with Gasteiger partial charge in [-0.2, -0.15) is 10.0 Å². The number of aliphatic carboxylic acids is 1. The Morgan fingerprint density at radius 3 is 2.23 bits per heavy atom. The Bertz CT molecular complexity index is 1690. The first-order chi connectivity index (χ1) is 20.9. The molecule has 226 valence electrons. The summed E-state index contributed by atoms with van der Waals surface area (Å²) in [5.41, 5.74) is 4.69. The van der Waals surface area contributed by atoms with Crippen LogP contribution in [-0.2, 0) is 23.2 Å². The van der Waals surface area contributed by atoms with E-state index in [0.29, 0.717) is 46.0 Å². The van der Waals surface area contributed by atoms with Gasteiger partial charge in [0.1, 0.15) is 0 Å². The minimum atomic E-state index is -1.00. The Labute approximate surface area is 255 Å². The summed E-state index contributed by atoms with van der Waals surface area (Å²) in [6, 6.07) is 17.2. The normalized spacial score (nSPS) is 15.2. The van der Waals surface area contributed by atoms with Gasteiger partial charge in [-0.05, 0) is 83.7 Å². The zero-order valence-electron chi connectivity index (χ0n) is 24.9. The van der Waals surface area contributed by atoms with Crippen LogP contribution in [0.5, 0.6) is 0 Å². The first kappa shape index (κ1) is 29.1. The minimum Gasteiger partial charge on any atom is -0.481 e. The van der Waals surface area contributed by atoms with Crippen molar-refractivity contribution in [2.45, 2.75) is 58.4 Å². The van der Waals surface area contributed by atoms with E-state index in [1.165, 1.54) is 9.91 Å². The summed E-state index contributed by atoms with van der Waals surface area (Å²) in [6.45, 7) is 6.42. The molecule has 6 rings (SSSR count). The fourth-order valence-corrected chi connectivity index (χ4v) is 5.72. The molecule has 1 aliphatic carbocycles. The maximum atomic E-state index is 14.6. The van der Waals surface area contributed by atoms with Crippen molar-refractivity contribution in [3.05, 3.63) is 94.0 Å². The average molecular weight is 595 g/mol. The van der Waals surface area contributed by atoms with Crippen LogP contribution >= 0.6 is 0 Å². The van der Waals surface area contributed by atoms with Gasteiger partial charge in [0.15, 0.2) is 0 Å². The predicted octanol–water partition coefficient (Wildman–Crippen LogP) is 5.30. The zero-order chi connectivity index (χ0) is 31.3. The summed E-state index contributed by atoms with van der Waals surface area (Å²) < 4.78 is 0. The van der Waals surface area contributed by atoms with E-state index in [9.17, 15) is 24.0 Å². The van der Waals surface area contributed by atoms with E-state index in [4.69, 9.17) is 5.11 Å². The lowest BCUT2D eigenvalue weighted by Crippen LogP contribution is -2.56. The predicted molar refractivity (Wildman–Crippen MR) is 164 cm³/mol. The van der Waals surface area contributed by atoms with Gasteiger partial charge in [0.05, 0.1) is 29.8 Å². The van der Waals surface area contributed by atoms with E-state index in [1.54, 1.807) is 36.4 Å². The van der Waals surface area contributed by atoms with Gasteiger partial charge in [-0.15, -0.1) is 0 Å². The second kappa shape index (κ2) is 10.9. The topological polar surface area (TPSA) is 127 Å². The molecule has 44 heavy (non-hydrogen) atoms. The monoisotopic (exact) mass is 594 g/mol. The summed E-state index contributed by atoms with van der Waals surface area (Å²) in [7, 11) is 0. The molecule has 5 amide bonds. The fraction of sp³-hybridized carbons (Fsp3) is 0.324. The van der Waals surface area contributed by atoms with Crippen molar-refractivity contribution >= 4 is 41.1 Å². The number of rotatable bonds is 9. The van der Waals surface area contributed by atoms with Gasteiger partial charge >= 0.3 is 12.0 Å². The summed E-state index contributed by atoms with van der Waals surface area (Å²) >= 11 is 0. The van der Waals surface area contributed by atoms with E-state index in [1.807, 2.05) is 24.3 Å². The Hall–Kier alpha value is -4.99. The molecule has 3 aliphatic rings. The molecule has 3 bridgehead atoms. The number of anilines is 2. The van der Waals surface area contributed by atoms with Gasteiger partial charge in [-0.25, -0.2) is 4.79 Å². The molecule has 0 atom stereocenters. The van der Waals surface area contributed by atoms with E-state index in [2.05, 4.69) is 26.1 Å². The number of carbonyl (C=O) groups excluding carboxylic acids is 4. The van der Waals surface area contributed by atoms with E-state index in [-0.39, 0.29) is 24.9 Å². The number of hydrazine groups is 1. The van der Waals surface area contributed by atoms with E-state index in [0.717, 1.165) is 29.0 Å². The number of amides is 5. The number of nitrogens with zero attached hydrogens (tertiary/aromatic N) is 3. The largest absolute Gasteiger partial charge is 0.481 e. The van der Waals surface area contributed by atoms with Crippen LogP contribution in [0.2, 0.25) is 0 Å². The molecule has 3 aromatic carbocycles. The first-order valence-corrected chi connectivity index (χ1v) is 14.8. The van der Waals surface area contributed by atoms with Gasteiger partial charge in [0.25, 0.3) is 17.7 Å². The summed E-state index contributed by atoms with van der Waals surface area (Å²) in [6.07, 6.45) is 2.58. The van der Waals surface area contributed by atoms with Gasteiger partial charge in [0.2, 0.25) is 0 Å². The zero-order valence-corrected chi connectivity index (χ0v) is 24.9. The number of nitrogens with one attached hydrogen (secondary N) is 1. The third-order valence-electron chi connectivity index (χ3n) is 8.37. The number of hydrogen-bond donors (Lipinski definition) is 2. The second-order valence-electron chi connectivity index (χ2n) is 12.6. The Morgan fingerprint density at radius 1 is 0.932 bits per heavy atom. The number of carboxylic acids is 1.